The van der Waals surface area contributed by atoms with Gasteiger partial charge in [0.1, 0.15) is 0 Å². The van der Waals surface area contributed by atoms with Gasteiger partial charge in [-0.2, -0.15) is 0 Å². The van der Waals surface area contributed by atoms with Crippen LogP contribution in [-0.2, 0) is 4.74 Å². The van der Waals surface area contributed by atoms with E-state index in [1.807, 2.05) is 0 Å². The van der Waals surface area contributed by atoms with Crippen molar-refractivity contribution in [1.82, 2.24) is 4.90 Å². The molecule has 2 atom stereocenters. The first-order chi connectivity index (χ1) is 9.16. The Morgan fingerprint density at radius 1 is 1.26 bits per heavy atom. The summed E-state index contributed by atoms with van der Waals surface area (Å²) in [4.78, 5) is 2.55. The van der Waals surface area contributed by atoms with Crippen molar-refractivity contribution in [2.24, 2.45) is 5.73 Å². The lowest BCUT2D eigenvalue weighted by molar-refractivity contribution is 0.0265. The molecule has 0 aromatic heterocycles. The van der Waals surface area contributed by atoms with E-state index in [9.17, 15) is 0 Å². The van der Waals surface area contributed by atoms with Crippen molar-refractivity contribution in [1.29, 1.82) is 0 Å². The van der Waals surface area contributed by atoms with Gasteiger partial charge in [0.15, 0.2) is 0 Å². The number of unbranched alkanes of at least 4 members (excludes halogenated alkanes) is 3. The minimum atomic E-state index is 0.147. The molecule has 1 rings (SSSR count). The highest BCUT2D eigenvalue weighted by molar-refractivity contribution is 4.88. The molecular weight excluding hydrogens is 236 g/mol. The van der Waals surface area contributed by atoms with Crippen LogP contribution in [0.1, 0.15) is 65.7 Å². The number of hydrogen-bond acceptors (Lipinski definition) is 3. The Kier molecular flexibility index (Phi) is 7.96. The highest BCUT2D eigenvalue weighted by atomic mass is 16.5. The van der Waals surface area contributed by atoms with Crippen LogP contribution in [0.2, 0.25) is 0 Å². The van der Waals surface area contributed by atoms with Crippen molar-refractivity contribution >= 4 is 0 Å². The summed E-state index contributed by atoms with van der Waals surface area (Å²) >= 11 is 0. The van der Waals surface area contributed by atoms with Gasteiger partial charge in [0.05, 0.1) is 6.10 Å². The van der Waals surface area contributed by atoms with E-state index in [0.29, 0.717) is 6.10 Å². The molecular formula is C16H34N2O. The summed E-state index contributed by atoms with van der Waals surface area (Å²) in [6.07, 6.45) is 9.36. The molecule has 1 aliphatic heterocycles. The zero-order valence-corrected chi connectivity index (χ0v) is 13.3. The van der Waals surface area contributed by atoms with Crippen LogP contribution in [0, 0.1) is 0 Å². The van der Waals surface area contributed by atoms with Crippen molar-refractivity contribution in [3.8, 4) is 0 Å². The van der Waals surface area contributed by atoms with Crippen LogP contribution >= 0.6 is 0 Å². The fourth-order valence-electron chi connectivity index (χ4n) is 3.09. The lowest BCUT2D eigenvalue weighted by Gasteiger charge is -2.41. The maximum Gasteiger partial charge on any atom is 0.0703 e. The van der Waals surface area contributed by atoms with E-state index < -0.39 is 0 Å². The Hall–Kier alpha value is -0.120. The molecule has 1 aliphatic rings. The third-order valence-corrected chi connectivity index (χ3v) is 4.60. The fourth-order valence-corrected chi connectivity index (χ4v) is 3.09. The van der Waals surface area contributed by atoms with Crippen LogP contribution in [0.15, 0.2) is 0 Å². The summed E-state index contributed by atoms with van der Waals surface area (Å²) < 4.78 is 5.79. The normalized spacial score (nSPS) is 22.9. The first kappa shape index (κ1) is 16.9. The Morgan fingerprint density at radius 2 is 2.05 bits per heavy atom. The third kappa shape index (κ3) is 5.41. The van der Waals surface area contributed by atoms with Crippen molar-refractivity contribution in [2.75, 3.05) is 26.2 Å². The number of ether oxygens (including phenoxy) is 1. The average molecular weight is 270 g/mol. The van der Waals surface area contributed by atoms with Gasteiger partial charge in [-0.25, -0.2) is 0 Å². The summed E-state index contributed by atoms with van der Waals surface area (Å²) in [7, 11) is 0. The molecule has 1 saturated heterocycles. The zero-order chi connectivity index (χ0) is 14.1. The Balaban J connectivity index is 2.46. The van der Waals surface area contributed by atoms with Crippen LogP contribution in [0.5, 0.6) is 0 Å². The molecule has 2 unspecified atom stereocenters. The monoisotopic (exact) mass is 270 g/mol. The molecule has 0 saturated carbocycles. The van der Waals surface area contributed by atoms with Crippen LogP contribution in [0.25, 0.3) is 0 Å². The summed E-state index contributed by atoms with van der Waals surface area (Å²) in [5.41, 5.74) is 6.24. The standard InChI is InChI=1S/C16H34N2O/c1-4-6-7-8-11-16(3,14-17)18(5-2)13-15-10-9-12-19-15/h15H,4-14,17H2,1-3H3. The van der Waals surface area contributed by atoms with Crippen LogP contribution in [0.3, 0.4) is 0 Å². The molecule has 0 amide bonds. The van der Waals surface area contributed by atoms with E-state index in [1.165, 1.54) is 44.9 Å². The summed E-state index contributed by atoms with van der Waals surface area (Å²) in [5, 5.41) is 0. The summed E-state index contributed by atoms with van der Waals surface area (Å²) in [6.45, 7) is 10.7. The zero-order valence-electron chi connectivity index (χ0n) is 13.3. The van der Waals surface area contributed by atoms with Gasteiger partial charge in [0.25, 0.3) is 0 Å². The Labute approximate surface area is 119 Å². The van der Waals surface area contributed by atoms with Crippen LogP contribution in [0.4, 0.5) is 0 Å². The predicted octanol–water partition coefficient (Wildman–Crippen LogP) is 3.18. The van der Waals surface area contributed by atoms with Gasteiger partial charge in [-0.05, 0) is 32.7 Å². The van der Waals surface area contributed by atoms with E-state index in [-0.39, 0.29) is 5.54 Å². The van der Waals surface area contributed by atoms with E-state index in [4.69, 9.17) is 10.5 Å². The minimum Gasteiger partial charge on any atom is -0.377 e. The molecule has 0 aliphatic carbocycles. The van der Waals surface area contributed by atoms with Crippen LogP contribution < -0.4 is 5.73 Å². The van der Waals surface area contributed by atoms with Gasteiger partial charge in [-0.1, -0.05) is 39.5 Å². The Bertz CT molecular complexity index is 229. The molecule has 2 N–H and O–H groups in total. The van der Waals surface area contributed by atoms with Gasteiger partial charge in [0.2, 0.25) is 0 Å². The molecule has 3 nitrogen and oxygen atoms in total. The van der Waals surface area contributed by atoms with Gasteiger partial charge >= 0.3 is 0 Å². The molecule has 0 spiro atoms. The second-order valence-electron chi connectivity index (χ2n) is 6.19. The van der Waals surface area contributed by atoms with Gasteiger partial charge in [-0.15, -0.1) is 0 Å². The van der Waals surface area contributed by atoms with Crippen molar-refractivity contribution in [2.45, 2.75) is 77.4 Å². The molecule has 0 radical (unpaired) electrons. The molecule has 0 aromatic carbocycles. The van der Waals surface area contributed by atoms with Crippen molar-refractivity contribution in [3.05, 3.63) is 0 Å². The van der Waals surface area contributed by atoms with E-state index in [0.717, 1.165) is 26.2 Å². The number of rotatable bonds is 10. The molecule has 0 bridgehead atoms. The maximum absolute atomic E-state index is 6.09. The lowest BCUT2D eigenvalue weighted by Crippen LogP contribution is -2.53. The fraction of sp³-hybridized carbons (Fsp3) is 1.00. The number of nitrogens with two attached hydrogens (primary N) is 1. The van der Waals surface area contributed by atoms with Crippen molar-refractivity contribution < 1.29 is 4.74 Å². The third-order valence-electron chi connectivity index (χ3n) is 4.60. The quantitative estimate of drug-likeness (QED) is 0.620. The molecule has 19 heavy (non-hydrogen) atoms. The largest absolute Gasteiger partial charge is 0.377 e. The first-order valence-electron chi connectivity index (χ1n) is 8.23. The number of likely N-dealkylation sites (N-methyl/N-ethyl adjacent to an activating group) is 1. The highest BCUT2D eigenvalue weighted by Gasteiger charge is 2.31. The SMILES string of the molecule is CCCCCCC(C)(CN)N(CC)CC1CCCO1. The van der Waals surface area contributed by atoms with Gasteiger partial charge in [0, 0.05) is 25.2 Å². The van der Waals surface area contributed by atoms with Gasteiger partial charge < -0.3 is 10.5 Å². The second-order valence-corrected chi connectivity index (χ2v) is 6.19. The first-order valence-corrected chi connectivity index (χ1v) is 8.23. The lowest BCUT2D eigenvalue weighted by atomic mass is 9.91. The highest BCUT2D eigenvalue weighted by Crippen LogP contribution is 2.24. The van der Waals surface area contributed by atoms with E-state index in [1.54, 1.807) is 0 Å². The molecule has 3 heteroatoms. The number of hydrogen-bond donors (Lipinski definition) is 1. The van der Waals surface area contributed by atoms with E-state index >= 15 is 0 Å². The van der Waals surface area contributed by atoms with Gasteiger partial charge in [-0.3, -0.25) is 4.90 Å². The smallest absolute Gasteiger partial charge is 0.0703 e. The van der Waals surface area contributed by atoms with Crippen molar-refractivity contribution in [3.63, 3.8) is 0 Å². The molecule has 0 aromatic rings. The topological polar surface area (TPSA) is 38.5 Å². The van der Waals surface area contributed by atoms with Crippen LogP contribution in [-0.4, -0.2) is 42.8 Å². The minimum absolute atomic E-state index is 0.147. The molecule has 1 fully saturated rings. The summed E-state index contributed by atoms with van der Waals surface area (Å²) in [5.74, 6) is 0. The summed E-state index contributed by atoms with van der Waals surface area (Å²) in [6, 6.07) is 0. The average Bonchev–Trinajstić information content (AvgIpc) is 2.93. The molecule has 1 heterocycles. The number of nitrogens with zero attached hydrogens (tertiary/aromatic N) is 1. The molecule has 114 valence electrons. The maximum atomic E-state index is 6.09. The predicted molar refractivity (Wildman–Crippen MR) is 82.4 cm³/mol. The second kappa shape index (κ2) is 8.93. The van der Waals surface area contributed by atoms with E-state index in [2.05, 4.69) is 25.7 Å². The Morgan fingerprint density at radius 3 is 2.58 bits per heavy atom.